The standard InChI is InChI=1S/C27H33N9O8/c28-18(9-22(37)38)24(41)34-19(6-15-4-2-1-3-5-15)26(43)36-21(8-17-11-30-14-33-17)27(44)35-20(7-16-10-29-13-32-16)25(42)31-12-23(39)40/h1-5,10-11,13-14,18-21H,6-9,12,28H2,(H,29,32)(H,30,33)(H,31,42)(H,34,41)(H,35,44)(H,36,43)(H,37,38)(H,39,40)/t18-,19-,20-,21-/m0/s1. The molecule has 2 aromatic heterocycles. The molecule has 4 amide bonds. The summed E-state index contributed by atoms with van der Waals surface area (Å²) in [7, 11) is 0. The molecule has 0 aliphatic heterocycles. The fourth-order valence-electron chi connectivity index (χ4n) is 4.10. The minimum Gasteiger partial charge on any atom is -0.481 e. The summed E-state index contributed by atoms with van der Waals surface area (Å²) in [6.45, 7) is -0.687. The molecule has 44 heavy (non-hydrogen) atoms. The number of aliphatic carboxylic acids is 2. The molecule has 234 valence electrons. The molecule has 10 N–H and O–H groups in total. The minimum absolute atomic E-state index is 0.0172. The molecule has 3 aromatic rings. The Bertz CT molecular complexity index is 1410. The molecule has 0 saturated heterocycles. The minimum atomic E-state index is -1.43. The number of hydrogen-bond acceptors (Lipinski definition) is 9. The molecule has 3 rings (SSSR count). The van der Waals surface area contributed by atoms with Gasteiger partial charge in [0.1, 0.15) is 24.7 Å². The molecule has 17 heteroatoms. The van der Waals surface area contributed by atoms with Gasteiger partial charge in [0.2, 0.25) is 23.6 Å². The highest BCUT2D eigenvalue weighted by Crippen LogP contribution is 2.08. The third-order valence-corrected chi connectivity index (χ3v) is 6.28. The molecule has 0 saturated carbocycles. The van der Waals surface area contributed by atoms with E-state index in [2.05, 4.69) is 41.2 Å². The van der Waals surface area contributed by atoms with Gasteiger partial charge in [-0.15, -0.1) is 0 Å². The summed E-state index contributed by atoms with van der Waals surface area (Å²) in [6.07, 6.45) is 4.74. The van der Waals surface area contributed by atoms with Crippen LogP contribution in [0.4, 0.5) is 0 Å². The molecule has 0 unspecified atom stereocenters. The summed E-state index contributed by atoms with van der Waals surface area (Å²) < 4.78 is 0. The van der Waals surface area contributed by atoms with Gasteiger partial charge in [0.05, 0.1) is 25.1 Å². The highest BCUT2D eigenvalue weighted by molar-refractivity contribution is 5.96. The number of aromatic nitrogens is 4. The van der Waals surface area contributed by atoms with Crippen LogP contribution in [0.15, 0.2) is 55.4 Å². The van der Waals surface area contributed by atoms with Gasteiger partial charge in [-0.05, 0) is 5.56 Å². The quantitative estimate of drug-likeness (QED) is 0.0777. The van der Waals surface area contributed by atoms with Crippen LogP contribution in [0, 0.1) is 0 Å². The van der Waals surface area contributed by atoms with Crippen LogP contribution < -0.4 is 27.0 Å². The van der Waals surface area contributed by atoms with E-state index < -0.39 is 72.7 Å². The van der Waals surface area contributed by atoms with Gasteiger partial charge in [-0.2, -0.15) is 0 Å². The lowest BCUT2D eigenvalue weighted by atomic mass is 10.0. The number of carboxylic acid groups (broad SMARTS) is 2. The number of benzene rings is 1. The van der Waals surface area contributed by atoms with E-state index in [0.29, 0.717) is 17.0 Å². The molecule has 0 bridgehead atoms. The number of H-pyrrole nitrogens is 2. The van der Waals surface area contributed by atoms with Gasteiger partial charge in [-0.3, -0.25) is 28.8 Å². The molecule has 2 heterocycles. The molecule has 0 radical (unpaired) electrons. The number of imidazole rings is 2. The number of nitrogens with zero attached hydrogens (tertiary/aromatic N) is 2. The van der Waals surface area contributed by atoms with Crippen LogP contribution >= 0.6 is 0 Å². The number of carbonyl (C=O) groups excluding carboxylic acids is 4. The number of carbonyl (C=O) groups is 6. The van der Waals surface area contributed by atoms with E-state index in [1.807, 2.05) is 0 Å². The van der Waals surface area contributed by atoms with Gasteiger partial charge in [-0.1, -0.05) is 30.3 Å². The average Bonchev–Trinajstić information content (AvgIpc) is 3.69. The lowest BCUT2D eigenvalue weighted by Crippen LogP contribution is -2.59. The molecular weight excluding hydrogens is 578 g/mol. The van der Waals surface area contributed by atoms with Crippen LogP contribution in [0.25, 0.3) is 0 Å². The van der Waals surface area contributed by atoms with Crippen molar-refractivity contribution in [2.45, 2.75) is 49.9 Å². The smallest absolute Gasteiger partial charge is 0.322 e. The van der Waals surface area contributed by atoms with Crippen LogP contribution in [-0.4, -0.2) is 96.4 Å². The number of rotatable bonds is 17. The van der Waals surface area contributed by atoms with Crippen molar-refractivity contribution in [1.29, 1.82) is 0 Å². The Labute approximate surface area is 250 Å². The average molecular weight is 612 g/mol. The highest BCUT2D eigenvalue weighted by Gasteiger charge is 2.31. The van der Waals surface area contributed by atoms with Crippen LogP contribution in [0.5, 0.6) is 0 Å². The van der Waals surface area contributed by atoms with Crippen LogP contribution in [0.1, 0.15) is 23.4 Å². The van der Waals surface area contributed by atoms with Crippen LogP contribution in [0.2, 0.25) is 0 Å². The lowest BCUT2D eigenvalue weighted by Gasteiger charge is -2.25. The van der Waals surface area contributed by atoms with Gasteiger partial charge in [0.15, 0.2) is 0 Å². The Morgan fingerprint density at radius 1 is 0.705 bits per heavy atom. The zero-order valence-electron chi connectivity index (χ0n) is 23.4. The van der Waals surface area contributed by atoms with Gasteiger partial charge < -0.3 is 47.2 Å². The van der Waals surface area contributed by atoms with Crippen molar-refractivity contribution in [3.8, 4) is 0 Å². The van der Waals surface area contributed by atoms with Crippen LogP contribution in [-0.2, 0) is 48.0 Å². The largest absolute Gasteiger partial charge is 0.481 e. The molecular formula is C27H33N9O8. The second-order valence-electron chi connectivity index (χ2n) is 9.75. The second-order valence-corrected chi connectivity index (χ2v) is 9.75. The maximum Gasteiger partial charge on any atom is 0.322 e. The Morgan fingerprint density at radius 3 is 1.68 bits per heavy atom. The number of hydrogen-bond donors (Lipinski definition) is 9. The van der Waals surface area contributed by atoms with Gasteiger partial charge >= 0.3 is 11.9 Å². The van der Waals surface area contributed by atoms with Gasteiger partial charge in [0, 0.05) is 43.0 Å². The Balaban J connectivity index is 1.83. The Kier molecular flexibility index (Phi) is 12.1. The molecule has 17 nitrogen and oxygen atoms in total. The summed E-state index contributed by atoms with van der Waals surface area (Å²) in [5.41, 5.74) is 7.28. The molecule has 0 aliphatic rings. The zero-order valence-corrected chi connectivity index (χ0v) is 23.4. The van der Waals surface area contributed by atoms with Crippen molar-refractivity contribution in [3.63, 3.8) is 0 Å². The first kappa shape index (κ1) is 32.9. The number of aromatic amines is 2. The van der Waals surface area contributed by atoms with E-state index >= 15 is 0 Å². The van der Waals surface area contributed by atoms with Crippen molar-refractivity contribution in [3.05, 3.63) is 72.3 Å². The molecule has 4 atom stereocenters. The summed E-state index contributed by atoms with van der Waals surface area (Å²) in [5, 5.41) is 27.8. The highest BCUT2D eigenvalue weighted by atomic mass is 16.4. The van der Waals surface area contributed by atoms with E-state index in [4.69, 9.17) is 15.9 Å². The summed E-state index contributed by atoms with van der Waals surface area (Å²) in [6, 6.07) is 3.40. The molecule has 0 fully saturated rings. The van der Waals surface area contributed by atoms with Crippen molar-refractivity contribution in [2.75, 3.05) is 6.54 Å². The lowest BCUT2D eigenvalue weighted by molar-refractivity contribution is -0.140. The van der Waals surface area contributed by atoms with E-state index in [9.17, 15) is 28.8 Å². The number of carboxylic acids is 2. The number of nitrogens with one attached hydrogen (secondary N) is 6. The molecule has 1 aromatic carbocycles. The third kappa shape index (κ3) is 10.7. The first-order valence-electron chi connectivity index (χ1n) is 13.4. The van der Waals surface area contributed by atoms with Gasteiger partial charge in [-0.25, -0.2) is 9.97 Å². The van der Waals surface area contributed by atoms with Gasteiger partial charge in [0.25, 0.3) is 0 Å². The van der Waals surface area contributed by atoms with Crippen LogP contribution in [0.3, 0.4) is 0 Å². The maximum atomic E-state index is 13.6. The first-order valence-corrected chi connectivity index (χ1v) is 13.4. The van der Waals surface area contributed by atoms with Crippen molar-refractivity contribution in [2.24, 2.45) is 5.73 Å². The number of nitrogens with two attached hydrogens (primary N) is 1. The first-order chi connectivity index (χ1) is 21.0. The SMILES string of the molecule is N[C@@H](CC(=O)O)C(=O)N[C@@H](Cc1ccccc1)C(=O)N[C@@H](Cc1cnc[nH]1)C(=O)N[C@@H](Cc1cnc[nH]1)C(=O)NCC(=O)O. The molecule has 0 spiro atoms. The predicted molar refractivity (Wildman–Crippen MR) is 151 cm³/mol. The maximum absolute atomic E-state index is 13.6. The Morgan fingerprint density at radius 2 is 1.20 bits per heavy atom. The number of amides is 4. The van der Waals surface area contributed by atoms with Crippen molar-refractivity contribution in [1.82, 2.24) is 41.2 Å². The normalized spacial score (nSPS) is 13.5. The molecule has 0 aliphatic carbocycles. The monoisotopic (exact) mass is 611 g/mol. The van der Waals surface area contributed by atoms with E-state index in [0.717, 1.165) is 0 Å². The van der Waals surface area contributed by atoms with E-state index in [1.165, 1.54) is 25.0 Å². The van der Waals surface area contributed by atoms with Crippen molar-refractivity contribution < 1.29 is 39.0 Å². The Hall–Kier alpha value is -5.58. The second kappa shape index (κ2) is 16.2. The third-order valence-electron chi connectivity index (χ3n) is 6.28. The predicted octanol–water partition coefficient (Wildman–Crippen LogP) is -2.38. The topological polar surface area (TPSA) is 274 Å². The van der Waals surface area contributed by atoms with Crippen molar-refractivity contribution >= 4 is 35.6 Å². The van der Waals surface area contributed by atoms with E-state index in [-0.39, 0.29) is 19.3 Å². The summed E-state index contributed by atoms with van der Waals surface area (Å²) in [5.74, 6) is -5.84. The fraction of sp³-hybridized carbons (Fsp3) is 0.333. The zero-order chi connectivity index (χ0) is 32.1. The van der Waals surface area contributed by atoms with E-state index in [1.54, 1.807) is 30.3 Å². The fourth-order valence-corrected chi connectivity index (χ4v) is 4.10. The summed E-state index contributed by atoms with van der Waals surface area (Å²) in [4.78, 5) is 88.1. The summed E-state index contributed by atoms with van der Waals surface area (Å²) >= 11 is 0.